The van der Waals surface area contributed by atoms with E-state index in [1.165, 1.54) is 12.1 Å². The lowest BCUT2D eigenvalue weighted by molar-refractivity contribution is -0.274. The zero-order chi connectivity index (χ0) is 16.6. The molecule has 3 N–H and O–H groups in total. The first-order chi connectivity index (χ1) is 10.3. The van der Waals surface area contributed by atoms with Crippen molar-refractivity contribution in [2.45, 2.75) is 25.7 Å². The molecule has 1 aromatic carbocycles. The average molecular weight is 319 g/mol. The van der Waals surface area contributed by atoms with Crippen LogP contribution in [0.25, 0.3) is 0 Å². The maximum Gasteiger partial charge on any atom is 0.573 e. The molecule has 22 heavy (non-hydrogen) atoms. The van der Waals surface area contributed by atoms with Crippen LogP contribution in [-0.2, 0) is 11.2 Å². The lowest BCUT2D eigenvalue weighted by Gasteiger charge is -2.14. The first kappa shape index (κ1) is 18.1. The highest BCUT2D eigenvalue weighted by Crippen LogP contribution is 2.26. The van der Waals surface area contributed by atoms with Crippen molar-refractivity contribution in [3.63, 3.8) is 0 Å². The van der Waals surface area contributed by atoms with Gasteiger partial charge in [-0.2, -0.15) is 0 Å². The largest absolute Gasteiger partial charge is 0.573 e. The standard InChI is InChI=1S/C14H20F3N3O2/c1-10(9-21-2)20-13(18)19-8-7-11-5-3-4-6-12(11)22-14(15,16)17/h3-6,10H,7-9H2,1-2H3,(H3,18,19,20). The molecule has 0 aliphatic heterocycles. The normalized spacial score (nSPS) is 13.8. The first-order valence-corrected chi connectivity index (χ1v) is 6.71. The molecule has 0 aliphatic carbocycles. The molecule has 0 spiro atoms. The van der Waals surface area contributed by atoms with Crippen LogP contribution in [0, 0.1) is 0 Å². The first-order valence-electron chi connectivity index (χ1n) is 6.71. The molecule has 0 radical (unpaired) electrons. The van der Waals surface area contributed by atoms with Crippen molar-refractivity contribution >= 4 is 5.96 Å². The summed E-state index contributed by atoms with van der Waals surface area (Å²) < 4.78 is 45.8. The highest BCUT2D eigenvalue weighted by Gasteiger charge is 2.31. The van der Waals surface area contributed by atoms with E-state index in [0.29, 0.717) is 12.2 Å². The number of para-hydroxylation sites is 1. The summed E-state index contributed by atoms with van der Waals surface area (Å²) in [5.74, 6) is 0.00301. The zero-order valence-electron chi connectivity index (χ0n) is 12.5. The van der Waals surface area contributed by atoms with E-state index in [1.807, 2.05) is 6.92 Å². The molecule has 0 aromatic heterocycles. The number of alkyl halides is 3. The Morgan fingerprint density at radius 1 is 1.36 bits per heavy atom. The topological polar surface area (TPSA) is 68.9 Å². The fourth-order valence-corrected chi connectivity index (χ4v) is 1.82. The SMILES string of the molecule is COCC(C)NC(N)=NCCc1ccccc1OC(F)(F)F. The van der Waals surface area contributed by atoms with Crippen molar-refractivity contribution < 1.29 is 22.6 Å². The Bertz CT molecular complexity index is 492. The second-order valence-corrected chi connectivity index (χ2v) is 4.67. The number of hydrogen-bond acceptors (Lipinski definition) is 3. The molecule has 1 unspecified atom stereocenters. The smallest absolute Gasteiger partial charge is 0.406 e. The van der Waals surface area contributed by atoms with E-state index >= 15 is 0 Å². The number of methoxy groups -OCH3 is 1. The Balaban J connectivity index is 2.57. The van der Waals surface area contributed by atoms with Crippen molar-refractivity contribution in [1.29, 1.82) is 0 Å². The van der Waals surface area contributed by atoms with Gasteiger partial charge < -0.3 is 20.5 Å². The summed E-state index contributed by atoms with van der Waals surface area (Å²) in [6.07, 6.45) is -4.43. The molecule has 0 fully saturated rings. The van der Waals surface area contributed by atoms with Gasteiger partial charge in [0.15, 0.2) is 5.96 Å². The van der Waals surface area contributed by atoms with Gasteiger partial charge in [-0.05, 0) is 25.0 Å². The molecule has 1 aromatic rings. The van der Waals surface area contributed by atoms with E-state index in [4.69, 9.17) is 10.5 Å². The van der Waals surface area contributed by atoms with E-state index in [-0.39, 0.29) is 30.7 Å². The van der Waals surface area contributed by atoms with Crippen LogP contribution in [0.1, 0.15) is 12.5 Å². The molecule has 5 nitrogen and oxygen atoms in total. The van der Waals surface area contributed by atoms with Gasteiger partial charge in [-0.1, -0.05) is 18.2 Å². The van der Waals surface area contributed by atoms with Crippen molar-refractivity contribution in [2.24, 2.45) is 10.7 Å². The minimum Gasteiger partial charge on any atom is -0.406 e. The molecule has 0 aliphatic rings. The van der Waals surface area contributed by atoms with Crippen LogP contribution >= 0.6 is 0 Å². The number of halogens is 3. The summed E-state index contributed by atoms with van der Waals surface area (Å²) in [7, 11) is 1.57. The van der Waals surface area contributed by atoms with Gasteiger partial charge in [0.1, 0.15) is 5.75 Å². The number of guanidine groups is 1. The van der Waals surface area contributed by atoms with Gasteiger partial charge in [0.25, 0.3) is 0 Å². The molecular formula is C14H20F3N3O2. The Morgan fingerprint density at radius 3 is 2.68 bits per heavy atom. The Labute approximate surface area is 127 Å². The van der Waals surface area contributed by atoms with Crippen LogP contribution < -0.4 is 15.8 Å². The summed E-state index contributed by atoms with van der Waals surface area (Å²) >= 11 is 0. The number of nitrogens with zero attached hydrogens (tertiary/aromatic N) is 1. The molecule has 0 saturated carbocycles. The zero-order valence-corrected chi connectivity index (χ0v) is 12.5. The number of benzene rings is 1. The summed E-state index contributed by atoms with van der Waals surface area (Å²) in [6, 6.07) is 5.96. The van der Waals surface area contributed by atoms with Gasteiger partial charge in [0.05, 0.1) is 6.61 Å². The Hall–Kier alpha value is -1.96. The molecule has 0 heterocycles. The van der Waals surface area contributed by atoms with Crippen LogP contribution in [-0.4, -0.2) is 38.6 Å². The van der Waals surface area contributed by atoms with E-state index in [0.717, 1.165) is 0 Å². The summed E-state index contributed by atoms with van der Waals surface area (Å²) in [4.78, 5) is 4.07. The van der Waals surface area contributed by atoms with E-state index in [1.54, 1.807) is 19.2 Å². The second kappa shape index (κ2) is 8.47. The van der Waals surface area contributed by atoms with Gasteiger partial charge >= 0.3 is 6.36 Å². The van der Waals surface area contributed by atoms with Gasteiger partial charge in [-0.3, -0.25) is 4.99 Å². The summed E-state index contributed by atoms with van der Waals surface area (Å²) in [5, 5.41) is 2.91. The van der Waals surface area contributed by atoms with E-state index < -0.39 is 6.36 Å². The van der Waals surface area contributed by atoms with Crippen LogP contribution in [0.5, 0.6) is 5.75 Å². The molecule has 124 valence electrons. The molecule has 8 heteroatoms. The fourth-order valence-electron chi connectivity index (χ4n) is 1.82. The number of hydrogen-bond donors (Lipinski definition) is 2. The van der Waals surface area contributed by atoms with Crippen molar-refractivity contribution in [1.82, 2.24) is 5.32 Å². The van der Waals surface area contributed by atoms with Gasteiger partial charge in [-0.25, -0.2) is 0 Å². The van der Waals surface area contributed by atoms with Gasteiger partial charge in [-0.15, -0.1) is 13.2 Å². The minimum atomic E-state index is -4.71. The quantitative estimate of drug-likeness (QED) is 0.596. The molecule has 1 atom stereocenters. The lowest BCUT2D eigenvalue weighted by Crippen LogP contribution is -2.40. The molecule has 1 rings (SSSR count). The van der Waals surface area contributed by atoms with Crippen LogP contribution in [0.4, 0.5) is 13.2 Å². The maximum atomic E-state index is 12.3. The van der Waals surface area contributed by atoms with Gasteiger partial charge in [0.2, 0.25) is 0 Å². The van der Waals surface area contributed by atoms with Gasteiger partial charge in [0, 0.05) is 19.7 Å². The highest BCUT2D eigenvalue weighted by atomic mass is 19.4. The highest BCUT2D eigenvalue weighted by molar-refractivity contribution is 5.78. The number of nitrogens with one attached hydrogen (secondary N) is 1. The van der Waals surface area contributed by atoms with Crippen LogP contribution in [0.3, 0.4) is 0 Å². The number of rotatable bonds is 7. The monoisotopic (exact) mass is 319 g/mol. The third-order valence-corrected chi connectivity index (χ3v) is 2.67. The number of ether oxygens (including phenoxy) is 2. The van der Waals surface area contributed by atoms with E-state index in [2.05, 4.69) is 15.0 Å². The molecule has 0 bridgehead atoms. The minimum absolute atomic E-state index is 0.00500. The number of nitrogens with two attached hydrogens (primary N) is 1. The van der Waals surface area contributed by atoms with Crippen molar-refractivity contribution in [3.05, 3.63) is 29.8 Å². The van der Waals surface area contributed by atoms with E-state index in [9.17, 15) is 13.2 Å². The average Bonchev–Trinajstić information content (AvgIpc) is 2.39. The Kier molecular flexibility index (Phi) is 6.97. The van der Waals surface area contributed by atoms with Crippen LogP contribution in [0.2, 0.25) is 0 Å². The Morgan fingerprint density at radius 2 is 2.05 bits per heavy atom. The third-order valence-electron chi connectivity index (χ3n) is 2.67. The van der Waals surface area contributed by atoms with Crippen molar-refractivity contribution in [2.75, 3.05) is 20.3 Å². The maximum absolute atomic E-state index is 12.3. The predicted molar refractivity (Wildman–Crippen MR) is 77.8 cm³/mol. The van der Waals surface area contributed by atoms with Crippen LogP contribution in [0.15, 0.2) is 29.3 Å². The lowest BCUT2D eigenvalue weighted by atomic mass is 10.1. The summed E-state index contributed by atoms with van der Waals surface area (Å²) in [6.45, 7) is 2.59. The molecule has 0 amide bonds. The molecular weight excluding hydrogens is 299 g/mol. The second-order valence-electron chi connectivity index (χ2n) is 4.67. The molecule has 0 saturated heterocycles. The number of aliphatic imine (C=N–C) groups is 1. The predicted octanol–water partition coefficient (Wildman–Crippen LogP) is 2.07. The fraction of sp³-hybridized carbons (Fsp3) is 0.500. The summed E-state index contributed by atoms with van der Waals surface area (Å²) in [5.41, 5.74) is 6.10. The van der Waals surface area contributed by atoms with Crippen molar-refractivity contribution in [3.8, 4) is 5.75 Å². The third kappa shape index (κ3) is 7.16.